The lowest BCUT2D eigenvalue weighted by molar-refractivity contribution is 0.0945. The average Bonchev–Trinajstić information content (AvgIpc) is 2.43. The van der Waals surface area contributed by atoms with E-state index in [1.165, 1.54) is 12.1 Å². The topological polar surface area (TPSA) is 41.1 Å². The number of nitrogens with one attached hydrogen (secondary N) is 2. The van der Waals surface area contributed by atoms with E-state index in [0.717, 1.165) is 38.4 Å². The summed E-state index contributed by atoms with van der Waals surface area (Å²) in [6.07, 6.45) is 3.16. The van der Waals surface area contributed by atoms with Gasteiger partial charge in [0.15, 0.2) is 11.6 Å². The van der Waals surface area contributed by atoms with Crippen molar-refractivity contribution in [2.75, 3.05) is 19.6 Å². The first kappa shape index (κ1) is 13.9. The summed E-state index contributed by atoms with van der Waals surface area (Å²) in [7, 11) is 0. The second-order valence-corrected chi connectivity index (χ2v) is 4.86. The van der Waals surface area contributed by atoms with Crippen molar-refractivity contribution < 1.29 is 13.6 Å². The highest BCUT2D eigenvalue weighted by molar-refractivity contribution is 5.94. The third-order valence-electron chi connectivity index (χ3n) is 3.43. The lowest BCUT2D eigenvalue weighted by Gasteiger charge is -2.22. The second-order valence-electron chi connectivity index (χ2n) is 4.86. The Balaban J connectivity index is 1.82. The number of piperidine rings is 1. The molecule has 1 aliphatic rings. The van der Waals surface area contributed by atoms with E-state index >= 15 is 0 Å². The number of carbonyl (C=O) groups excluding carboxylic acids is 1. The minimum absolute atomic E-state index is 0.234. The molecular weight excluding hydrogens is 250 g/mol. The number of carbonyl (C=O) groups is 1. The maximum atomic E-state index is 13.4. The summed E-state index contributed by atoms with van der Waals surface area (Å²) >= 11 is 0. The van der Waals surface area contributed by atoms with Gasteiger partial charge in [-0.2, -0.15) is 0 Å². The Hall–Kier alpha value is -1.49. The van der Waals surface area contributed by atoms with Gasteiger partial charge in [-0.3, -0.25) is 4.79 Å². The molecule has 0 spiro atoms. The Morgan fingerprint density at radius 1 is 1.42 bits per heavy atom. The maximum absolute atomic E-state index is 13.4. The van der Waals surface area contributed by atoms with Crippen molar-refractivity contribution in [2.45, 2.75) is 19.3 Å². The summed E-state index contributed by atoms with van der Waals surface area (Å²) in [6, 6.07) is 3.62. The van der Waals surface area contributed by atoms with Crippen LogP contribution in [-0.2, 0) is 0 Å². The van der Waals surface area contributed by atoms with E-state index in [2.05, 4.69) is 10.6 Å². The van der Waals surface area contributed by atoms with Gasteiger partial charge in [0.1, 0.15) is 0 Å². The average molecular weight is 268 g/mol. The lowest BCUT2D eigenvalue weighted by Crippen LogP contribution is -2.33. The van der Waals surface area contributed by atoms with Crippen molar-refractivity contribution >= 4 is 5.91 Å². The molecule has 1 atom stereocenters. The number of hydrogen-bond donors (Lipinski definition) is 2. The Morgan fingerprint density at radius 2 is 2.26 bits per heavy atom. The van der Waals surface area contributed by atoms with E-state index in [0.29, 0.717) is 12.5 Å². The Labute approximate surface area is 111 Å². The zero-order chi connectivity index (χ0) is 13.7. The fourth-order valence-electron chi connectivity index (χ4n) is 2.33. The van der Waals surface area contributed by atoms with Crippen LogP contribution in [0.2, 0.25) is 0 Å². The van der Waals surface area contributed by atoms with Crippen molar-refractivity contribution in [3.05, 3.63) is 35.4 Å². The van der Waals surface area contributed by atoms with E-state index in [9.17, 15) is 13.6 Å². The molecule has 104 valence electrons. The summed E-state index contributed by atoms with van der Waals surface area (Å²) < 4.78 is 26.4. The molecule has 1 aromatic carbocycles. The molecule has 1 heterocycles. The molecule has 2 N–H and O–H groups in total. The van der Waals surface area contributed by atoms with Gasteiger partial charge >= 0.3 is 0 Å². The van der Waals surface area contributed by atoms with Gasteiger partial charge in [-0.05, 0) is 50.4 Å². The van der Waals surface area contributed by atoms with Gasteiger partial charge in [0.25, 0.3) is 5.91 Å². The summed E-state index contributed by atoms with van der Waals surface area (Å²) in [5.74, 6) is -2.09. The predicted molar refractivity (Wildman–Crippen MR) is 68.9 cm³/mol. The van der Waals surface area contributed by atoms with Crippen LogP contribution in [0.5, 0.6) is 0 Å². The van der Waals surface area contributed by atoms with E-state index in [4.69, 9.17) is 0 Å². The normalized spacial score (nSPS) is 19.2. The van der Waals surface area contributed by atoms with Crippen molar-refractivity contribution in [3.8, 4) is 0 Å². The van der Waals surface area contributed by atoms with E-state index in [1.54, 1.807) is 0 Å². The molecule has 19 heavy (non-hydrogen) atoms. The molecule has 1 fully saturated rings. The van der Waals surface area contributed by atoms with Crippen LogP contribution >= 0.6 is 0 Å². The van der Waals surface area contributed by atoms with Crippen molar-refractivity contribution in [2.24, 2.45) is 5.92 Å². The van der Waals surface area contributed by atoms with Crippen molar-refractivity contribution in [1.29, 1.82) is 0 Å². The van der Waals surface area contributed by atoms with Crippen LogP contribution in [0.25, 0.3) is 0 Å². The van der Waals surface area contributed by atoms with Crippen LogP contribution in [-0.4, -0.2) is 25.5 Å². The largest absolute Gasteiger partial charge is 0.352 e. The standard InChI is InChI=1S/C14H18F2N2O/c15-12-5-1-4-11(13(12)16)14(19)18-8-6-10-3-2-7-17-9-10/h1,4-5,10,17H,2-3,6-9H2,(H,18,19). The van der Waals surface area contributed by atoms with Crippen LogP contribution in [0.15, 0.2) is 18.2 Å². The first-order valence-electron chi connectivity index (χ1n) is 6.61. The fourth-order valence-corrected chi connectivity index (χ4v) is 2.33. The number of halogens is 2. The van der Waals surface area contributed by atoms with E-state index in [-0.39, 0.29) is 5.56 Å². The van der Waals surface area contributed by atoms with Crippen LogP contribution in [0.4, 0.5) is 8.78 Å². The lowest BCUT2D eigenvalue weighted by atomic mass is 9.96. The highest BCUT2D eigenvalue weighted by Gasteiger charge is 2.16. The van der Waals surface area contributed by atoms with Crippen LogP contribution in [0.1, 0.15) is 29.6 Å². The van der Waals surface area contributed by atoms with Crippen LogP contribution < -0.4 is 10.6 Å². The highest BCUT2D eigenvalue weighted by Crippen LogP contribution is 2.14. The molecule has 0 aromatic heterocycles. The zero-order valence-electron chi connectivity index (χ0n) is 10.7. The van der Waals surface area contributed by atoms with E-state index in [1.807, 2.05) is 0 Å². The zero-order valence-corrected chi connectivity index (χ0v) is 10.7. The Bertz CT molecular complexity index is 445. The van der Waals surface area contributed by atoms with Gasteiger partial charge in [0, 0.05) is 6.54 Å². The third kappa shape index (κ3) is 3.73. The minimum Gasteiger partial charge on any atom is -0.352 e. The third-order valence-corrected chi connectivity index (χ3v) is 3.43. The highest BCUT2D eigenvalue weighted by atomic mass is 19.2. The molecule has 0 bridgehead atoms. The second kappa shape index (κ2) is 6.61. The number of rotatable bonds is 4. The summed E-state index contributed by atoms with van der Waals surface area (Å²) in [4.78, 5) is 11.7. The molecule has 1 unspecified atom stereocenters. The van der Waals surface area contributed by atoms with Gasteiger partial charge in [-0.15, -0.1) is 0 Å². The molecule has 1 aromatic rings. The SMILES string of the molecule is O=C(NCCC1CCCNC1)c1cccc(F)c1F. The first-order chi connectivity index (χ1) is 9.18. The molecule has 1 aliphatic heterocycles. The Kier molecular flexibility index (Phi) is 4.85. The van der Waals surface area contributed by atoms with Gasteiger partial charge in [0.05, 0.1) is 5.56 Å². The fraction of sp³-hybridized carbons (Fsp3) is 0.500. The molecule has 5 heteroatoms. The molecule has 0 saturated carbocycles. The maximum Gasteiger partial charge on any atom is 0.254 e. The summed E-state index contributed by atoms with van der Waals surface area (Å²) in [5, 5.41) is 5.94. The van der Waals surface area contributed by atoms with Crippen molar-refractivity contribution in [3.63, 3.8) is 0 Å². The van der Waals surface area contributed by atoms with E-state index < -0.39 is 17.5 Å². The smallest absolute Gasteiger partial charge is 0.254 e. The number of benzene rings is 1. The van der Waals surface area contributed by atoms with Gasteiger partial charge < -0.3 is 10.6 Å². The van der Waals surface area contributed by atoms with Crippen molar-refractivity contribution in [1.82, 2.24) is 10.6 Å². The molecule has 2 rings (SSSR count). The summed E-state index contributed by atoms with van der Waals surface area (Å²) in [6.45, 7) is 2.50. The molecule has 1 saturated heterocycles. The first-order valence-corrected chi connectivity index (χ1v) is 6.61. The Morgan fingerprint density at radius 3 is 3.00 bits per heavy atom. The minimum atomic E-state index is -1.08. The quantitative estimate of drug-likeness (QED) is 0.878. The molecule has 0 radical (unpaired) electrons. The summed E-state index contributed by atoms with van der Waals surface area (Å²) in [5.41, 5.74) is -0.234. The predicted octanol–water partition coefficient (Wildman–Crippen LogP) is 2.08. The number of amides is 1. The monoisotopic (exact) mass is 268 g/mol. The molecule has 1 amide bonds. The molecule has 3 nitrogen and oxygen atoms in total. The van der Waals surface area contributed by atoms with Gasteiger partial charge in [-0.1, -0.05) is 6.07 Å². The molecule has 0 aliphatic carbocycles. The van der Waals surface area contributed by atoms with Crippen LogP contribution in [0, 0.1) is 17.6 Å². The van der Waals surface area contributed by atoms with Crippen LogP contribution in [0.3, 0.4) is 0 Å². The number of hydrogen-bond acceptors (Lipinski definition) is 2. The van der Waals surface area contributed by atoms with Gasteiger partial charge in [-0.25, -0.2) is 8.78 Å². The van der Waals surface area contributed by atoms with Gasteiger partial charge in [0.2, 0.25) is 0 Å². The molecular formula is C14H18F2N2O.